The number of hydrogen-bond donors (Lipinski definition) is 9. The number of carboxylic acid groups (broad SMARTS) is 1. The summed E-state index contributed by atoms with van der Waals surface area (Å²) in [6.45, 7) is 19.0. The lowest BCUT2D eigenvalue weighted by molar-refractivity contribution is -0.150. The van der Waals surface area contributed by atoms with Crippen molar-refractivity contribution in [1.82, 2.24) is 66.6 Å². The highest BCUT2D eigenvalue weighted by Crippen LogP contribution is 2.22. The molecule has 0 saturated carbocycles. The number of aliphatic carboxylic acids is 1. The van der Waals surface area contributed by atoms with Crippen LogP contribution < -0.4 is 37.2 Å². The molecule has 3 aromatic carbocycles. The molecular formula is C76H115N13O15. The van der Waals surface area contributed by atoms with Gasteiger partial charge < -0.3 is 76.8 Å². The fourth-order valence-electron chi connectivity index (χ4n) is 12.6. The molecule has 3 aromatic rings. The number of carbonyl (C=O) groups excluding carboxylic acids is 12. The van der Waals surface area contributed by atoms with Crippen molar-refractivity contribution in [2.45, 2.75) is 207 Å². The van der Waals surface area contributed by atoms with Gasteiger partial charge in [0.25, 0.3) is 0 Å². The lowest BCUT2D eigenvalue weighted by atomic mass is 9.96. The first-order valence-corrected chi connectivity index (χ1v) is 36.0. The van der Waals surface area contributed by atoms with E-state index in [1.807, 2.05) is 27.7 Å². The summed E-state index contributed by atoms with van der Waals surface area (Å²) >= 11 is 0. The molecule has 1 aliphatic heterocycles. The summed E-state index contributed by atoms with van der Waals surface area (Å²) in [6.07, 6.45) is -0.0199. The van der Waals surface area contributed by atoms with Gasteiger partial charge >= 0.3 is 5.97 Å². The van der Waals surface area contributed by atoms with Gasteiger partial charge in [0.05, 0.1) is 25.1 Å². The minimum Gasteiger partial charge on any atom is -0.481 e. The van der Waals surface area contributed by atoms with Crippen molar-refractivity contribution in [3.05, 3.63) is 108 Å². The molecule has 12 atom stereocenters. The Bertz CT molecular complexity index is 3370. The first-order valence-electron chi connectivity index (χ1n) is 36.0. The Kier molecular flexibility index (Phi) is 35.0. The second kappa shape index (κ2) is 41.8. The van der Waals surface area contributed by atoms with Crippen LogP contribution in [-0.2, 0) is 81.6 Å². The zero-order chi connectivity index (χ0) is 78.0. The second-order valence-corrected chi connectivity index (χ2v) is 28.9. The summed E-state index contributed by atoms with van der Waals surface area (Å²) in [4.78, 5) is 193. The quantitative estimate of drug-likeness (QED) is 0.0396. The number of aliphatic hydroxyl groups is 1. The number of carboxylic acids is 1. The lowest BCUT2D eigenvalue weighted by Crippen LogP contribution is -2.62. The molecule has 7 unspecified atom stereocenters. The van der Waals surface area contributed by atoms with Crippen LogP contribution in [0.4, 0.5) is 0 Å². The van der Waals surface area contributed by atoms with Gasteiger partial charge in [-0.2, -0.15) is 0 Å². The Morgan fingerprint density at radius 1 is 0.433 bits per heavy atom. The molecule has 1 heterocycles. The van der Waals surface area contributed by atoms with Crippen LogP contribution in [0.15, 0.2) is 91.0 Å². The minimum atomic E-state index is -1.79. The first kappa shape index (κ1) is 87.1. The molecule has 12 amide bonds. The Morgan fingerprint density at radius 2 is 0.875 bits per heavy atom. The van der Waals surface area contributed by atoms with E-state index in [1.54, 1.807) is 144 Å². The molecule has 0 bridgehead atoms. The van der Waals surface area contributed by atoms with Crippen LogP contribution in [0, 0.1) is 23.7 Å². The maximum Gasteiger partial charge on any atom is 0.305 e. The third-order valence-electron chi connectivity index (χ3n) is 18.9. The van der Waals surface area contributed by atoms with Crippen LogP contribution in [0.25, 0.3) is 0 Å². The molecule has 0 aromatic heterocycles. The number of likely N-dealkylation sites (N-methyl/N-ethyl adjacent to an activating group) is 6. The maximum absolute atomic E-state index is 15.1. The molecule has 1 aliphatic rings. The fraction of sp³-hybridized carbons (Fsp3) is 0.592. The zero-order valence-corrected chi connectivity index (χ0v) is 63.8. The van der Waals surface area contributed by atoms with Gasteiger partial charge in [0.2, 0.25) is 70.9 Å². The SMILES string of the molecule is CN[C@@H](C)C(=O)NC(C(=O)N(C)C(CC(C)C)C(=O)NC(C(=O)N(C)C(Cc1ccccc1)C(=O)NCC(=O)N(C)C(CC(C)C)C(=O)N(C)C(C(=O)NC(Cc1ccccc1)C(=O)N[C@@H](CC(=O)O)C(=O)N(C)[C@@H](Cc1ccccc1)C(=O)N[C@@H](C)C(=O)N1CCCCC1)C(C)C)[C@@H](C)O)C(C)C. The smallest absolute Gasteiger partial charge is 0.305 e. The van der Waals surface area contributed by atoms with Crippen LogP contribution in [0.3, 0.4) is 0 Å². The third-order valence-corrected chi connectivity index (χ3v) is 18.9. The highest BCUT2D eigenvalue weighted by molar-refractivity contribution is 6.00. The van der Waals surface area contributed by atoms with Gasteiger partial charge in [-0.3, -0.25) is 62.3 Å². The molecule has 0 aliphatic carbocycles. The number of nitrogens with one attached hydrogen (secondary N) is 7. The summed E-state index contributed by atoms with van der Waals surface area (Å²) in [6, 6.07) is 11.9. The first-order chi connectivity index (χ1) is 48.9. The monoisotopic (exact) mass is 1450 g/mol. The van der Waals surface area contributed by atoms with Gasteiger partial charge in [-0.25, -0.2) is 0 Å². The van der Waals surface area contributed by atoms with Crippen LogP contribution in [0.5, 0.6) is 0 Å². The molecular weight excluding hydrogens is 1330 g/mol. The van der Waals surface area contributed by atoms with E-state index < -0.39 is 168 Å². The van der Waals surface area contributed by atoms with E-state index >= 15 is 4.79 Å². The van der Waals surface area contributed by atoms with Crippen molar-refractivity contribution < 1.29 is 72.5 Å². The number of piperidine rings is 1. The third kappa shape index (κ3) is 25.8. The normalized spacial score (nSPS) is 15.7. The average molecular weight is 1450 g/mol. The largest absolute Gasteiger partial charge is 0.481 e. The lowest BCUT2D eigenvalue weighted by Gasteiger charge is -2.37. The fourth-order valence-corrected chi connectivity index (χ4v) is 12.6. The number of aliphatic hydroxyl groups excluding tert-OH is 1. The number of rotatable bonds is 39. The molecule has 0 spiro atoms. The van der Waals surface area contributed by atoms with Crippen LogP contribution in [-0.4, -0.2) is 251 Å². The van der Waals surface area contributed by atoms with Crippen molar-refractivity contribution in [2.24, 2.45) is 23.7 Å². The summed E-state index contributed by atoms with van der Waals surface area (Å²) in [5.41, 5.74) is 1.79. The molecule has 28 heteroatoms. The highest BCUT2D eigenvalue weighted by Gasteiger charge is 2.43. The zero-order valence-electron chi connectivity index (χ0n) is 63.8. The Balaban J connectivity index is 1.61. The van der Waals surface area contributed by atoms with E-state index in [1.165, 1.54) is 52.0 Å². The summed E-state index contributed by atoms with van der Waals surface area (Å²) in [5, 5.41) is 40.4. The van der Waals surface area contributed by atoms with E-state index in [0.717, 1.165) is 34.0 Å². The average Bonchev–Trinajstić information content (AvgIpc) is 0.825. The van der Waals surface area contributed by atoms with Crippen molar-refractivity contribution in [3.63, 3.8) is 0 Å². The molecule has 4 rings (SSSR count). The van der Waals surface area contributed by atoms with Gasteiger partial charge in [-0.15, -0.1) is 0 Å². The Hall–Kier alpha value is -9.31. The summed E-state index contributed by atoms with van der Waals surface area (Å²) in [7, 11) is 8.38. The number of carbonyl (C=O) groups is 13. The van der Waals surface area contributed by atoms with E-state index in [4.69, 9.17) is 0 Å². The van der Waals surface area contributed by atoms with Gasteiger partial charge in [0, 0.05) is 67.6 Å². The molecule has 1 fully saturated rings. The molecule has 0 radical (unpaired) electrons. The van der Waals surface area contributed by atoms with Crippen molar-refractivity contribution in [3.8, 4) is 0 Å². The Morgan fingerprint density at radius 3 is 1.35 bits per heavy atom. The van der Waals surface area contributed by atoms with E-state index in [0.29, 0.717) is 29.8 Å². The van der Waals surface area contributed by atoms with Crippen molar-refractivity contribution in [2.75, 3.05) is 61.9 Å². The van der Waals surface area contributed by atoms with Crippen LogP contribution in [0.1, 0.15) is 131 Å². The molecule has 104 heavy (non-hydrogen) atoms. The van der Waals surface area contributed by atoms with E-state index in [-0.39, 0.29) is 49.8 Å². The number of amides is 12. The molecule has 574 valence electrons. The molecule has 28 nitrogen and oxygen atoms in total. The molecule has 9 N–H and O–H groups in total. The number of hydrogen-bond acceptors (Lipinski definition) is 15. The van der Waals surface area contributed by atoms with Gasteiger partial charge in [-0.1, -0.05) is 146 Å². The second-order valence-electron chi connectivity index (χ2n) is 28.9. The summed E-state index contributed by atoms with van der Waals surface area (Å²) in [5.74, 6) is -11.6. The van der Waals surface area contributed by atoms with Gasteiger partial charge in [0.15, 0.2) is 0 Å². The molecule has 1 saturated heterocycles. The highest BCUT2D eigenvalue weighted by atomic mass is 16.4. The van der Waals surface area contributed by atoms with Crippen molar-refractivity contribution in [1.29, 1.82) is 0 Å². The van der Waals surface area contributed by atoms with Crippen LogP contribution in [0.2, 0.25) is 0 Å². The van der Waals surface area contributed by atoms with Gasteiger partial charge in [-0.05, 0) is 100 Å². The maximum atomic E-state index is 15.1. The summed E-state index contributed by atoms with van der Waals surface area (Å²) < 4.78 is 0. The number of benzene rings is 3. The van der Waals surface area contributed by atoms with E-state index in [9.17, 15) is 67.7 Å². The number of nitrogens with zero attached hydrogens (tertiary/aromatic N) is 6. The van der Waals surface area contributed by atoms with E-state index in [2.05, 4.69) is 37.2 Å². The predicted molar refractivity (Wildman–Crippen MR) is 393 cm³/mol. The van der Waals surface area contributed by atoms with Gasteiger partial charge in [0.1, 0.15) is 60.4 Å². The standard InChI is InChI=1S/C76H115N13O15/c1-45(2)38-57(86(15)75(103)63(47(5)6)82-66(94)49(9)77-12)70(98)83-64(51(11)90)76(104)87(16)58(41-53-32-24-19-25-33-53)68(96)78-44-61(91)84(13)60(39-46(3)4)74(102)88(17)65(48(7)8)71(99)80-55(40-52-30-22-18-23-31-52)67(95)81-56(43-62(92)93)73(101)85(14)59(42-54-34-26-20-27-35-54)69(97)79-50(10)72(100)89-36-28-21-29-37-89/h18-20,22-27,30-35,45-51,55-60,63-65,77,90H,21,28-29,36-44H2,1-17H3,(H,78,96)(H,79,97)(H,80,99)(H,81,95)(H,82,94)(H,83,98)(H,92,93)/t49-,50-,51+,55?,56-,57?,58?,59-,60?,63?,64?,65?/m0/s1. The Labute approximate surface area is 613 Å². The topological polar surface area (TPSA) is 366 Å². The minimum absolute atomic E-state index is 0.0512. The van der Waals surface area contributed by atoms with Crippen molar-refractivity contribution >= 4 is 76.9 Å². The number of likely N-dealkylation sites (tertiary alicyclic amines) is 1. The predicted octanol–water partition coefficient (Wildman–Crippen LogP) is 2.29. The van der Waals surface area contributed by atoms with Crippen LogP contribution >= 0.6 is 0 Å².